The largest absolute Gasteiger partial charge is 0.383 e. The third-order valence-electron chi connectivity index (χ3n) is 5.02. The first-order chi connectivity index (χ1) is 13.0. The number of benzene rings is 1. The standard InChI is InChI=1S/C20H21N3O2S2/c1-3-20(2)9-13-15(10-25-20)27-18-16(13)17(21)22-19(23-18)26-11-14(24)12-7-5-4-6-8-12/h4-8H,3,9-11H2,1-2H3,(H2,21,22,23)/t20-/m0/s1. The normalized spacial score (nSPS) is 19.2. The minimum atomic E-state index is -0.164. The highest BCUT2D eigenvalue weighted by Crippen LogP contribution is 2.41. The number of thioether (sulfide) groups is 1. The Balaban J connectivity index is 1.59. The fourth-order valence-corrected chi connectivity index (χ4v) is 5.12. The van der Waals surface area contributed by atoms with Crippen molar-refractivity contribution in [2.45, 2.75) is 44.1 Å². The van der Waals surface area contributed by atoms with Crippen LogP contribution in [-0.4, -0.2) is 27.1 Å². The summed E-state index contributed by atoms with van der Waals surface area (Å²) in [5.74, 6) is 0.838. The molecule has 27 heavy (non-hydrogen) atoms. The molecule has 140 valence electrons. The molecule has 7 heteroatoms. The molecule has 0 aliphatic carbocycles. The van der Waals surface area contributed by atoms with Gasteiger partial charge < -0.3 is 10.5 Å². The lowest BCUT2D eigenvalue weighted by Gasteiger charge is -2.33. The van der Waals surface area contributed by atoms with Crippen molar-refractivity contribution >= 4 is 44.9 Å². The molecule has 0 bridgehead atoms. The number of fused-ring (bicyclic) bond motifs is 3. The van der Waals surface area contributed by atoms with Crippen molar-refractivity contribution in [3.63, 3.8) is 0 Å². The van der Waals surface area contributed by atoms with Crippen LogP contribution < -0.4 is 5.73 Å². The summed E-state index contributed by atoms with van der Waals surface area (Å²) >= 11 is 2.94. The monoisotopic (exact) mass is 399 g/mol. The van der Waals surface area contributed by atoms with Crippen LogP contribution >= 0.6 is 23.1 Å². The lowest BCUT2D eigenvalue weighted by molar-refractivity contribution is -0.0542. The minimum absolute atomic E-state index is 0.0560. The van der Waals surface area contributed by atoms with Gasteiger partial charge in [-0.2, -0.15) is 0 Å². The van der Waals surface area contributed by atoms with E-state index >= 15 is 0 Å². The van der Waals surface area contributed by atoms with Gasteiger partial charge in [-0.3, -0.25) is 4.79 Å². The molecule has 4 rings (SSSR count). The van der Waals surface area contributed by atoms with Crippen LogP contribution in [0, 0.1) is 0 Å². The highest BCUT2D eigenvalue weighted by Gasteiger charge is 2.33. The van der Waals surface area contributed by atoms with E-state index in [-0.39, 0.29) is 17.1 Å². The van der Waals surface area contributed by atoms with Crippen LogP contribution in [-0.2, 0) is 17.8 Å². The summed E-state index contributed by atoms with van der Waals surface area (Å²) in [6.07, 6.45) is 1.77. The zero-order chi connectivity index (χ0) is 19.0. The summed E-state index contributed by atoms with van der Waals surface area (Å²) in [6.45, 7) is 4.86. The van der Waals surface area contributed by atoms with Crippen molar-refractivity contribution in [3.8, 4) is 0 Å². The number of Topliss-reactive ketones (excluding diaryl/α,β-unsaturated/α-hetero) is 1. The Labute approximate surface area is 166 Å². The second kappa shape index (κ2) is 7.22. The predicted octanol–water partition coefficient (Wildman–Crippen LogP) is 4.49. The molecular weight excluding hydrogens is 378 g/mol. The van der Waals surface area contributed by atoms with Crippen LogP contribution in [0.1, 0.15) is 41.1 Å². The van der Waals surface area contributed by atoms with Crippen LogP contribution in [0.3, 0.4) is 0 Å². The van der Waals surface area contributed by atoms with Gasteiger partial charge in [0.05, 0.1) is 23.3 Å². The van der Waals surface area contributed by atoms with Crippen molar-refractivity contribution in [1.29, 1.82) is 0 Å². The average Bonchev–Trinajstić information content (AvgIpc) is 3.04. The van der Waals surface area contributed by atoms with Crippen molar-refractivity contribution < 1.29 is 9.53 Å². The molecule has 1 aliphatic rings. The van der Waals surface area contributed by atoms with Crippen molar-refractivity contribution in [2.24, 2.45) is 0 Å². The van der Waals surface area contributed by atoms with Gasteiger partial charge in [-0.05, 0) is 18.9 Å². The van der Waals surface area contributed by atoms with Crippen LogP contribution in [0.15, 0.2) is 35.5 Å². The van der Waals surface area contributed by atoms with Gasteiger partial charge in [0.2, 0.25) is 0 Å². The molecule has 1 aromatic carbocycles. The Kier molecular flexibility index (Phi) is 4.92. The SMILES string of the molecule is CC[C@@]1(C)Cc2c(sc3nc(SCC(=O)c4ccccc4)nc(N)c23)CO1. The van der Waals surface area contributed by atoms with E-state index in [1.807, 2.05) is 30.3 Å². The number of hydrogen-bond donors (Lipinski definition) is 1. The lowest BCUT2D eigenvalue weighted by Crippen LogP contribution is -2.33. The molecule has 0 saturated heterocycles. The van der Waals surface area contributed by atoms with E-state index in [4.69, 9.17) is 10.5 Å². The molecule has 1 atom stereocenters. The predicted molar refractivity (Wildman–Crippen MR) is 111 cm³/mol. The molecule has 0 unspecified atom stereocenters. The summed E-state index contributed by atoms with van der Waals surface area (Å²) in [6, 6.07) is 9.26. The number of ether oxygens (including phenoxy) is 1. The van der Waals surface area contributed by atoms with Crippen LogP contribution in [0.4, 0.5) is 5.82 Å². The van der Waals surface area contributed by atoms with Crippen molar-refractivity contribution in [1.82, 2.24) is 9.97 Å². The summed E-state index contributed by atoms with van der Waals surface area (Å²) in [7, 11) is 0. The molecule has 2 aromatic heterocycles. The minimum Gasteiger partial charge on any atom is -0.383 e. The number of ketones is 1. The molecule has 0 saturated carbocycles. The maximum atomic E-state index is 12.3. The van der Waals surface area contributed by atoms with Gasteiger partial charge in [-0.25, -0.2) is 9.97 Å². The number of nitrogen functional groups attached to an aromatic ring is 1. The number of hydrogen-bond acceptors (Lipinski definition) is 7. The molecule has 3 aromatic rings. The maximum absolute atomic E-state index is 12.3. The van der Waals surface area contributed by atoms with Gasteiger partial charge in [0.15, 0.2) is 10.9 Å². The van der Waals surface area contributed by atoms with Crippen LogP contribution in [0.5, 0.6) is 0 Å². The molecule has 0 fully saturated rings. The topological polar surface area (TPSA) is 78.1 Å². The zero-order valence-electron chi connectivity index (χ0n) is 15.3. The number of carbonyl (C=O) groups is 1. The average molecular weight is 400 g/mol. The highest BCUT2D eigenvalue weighted by molar-refractivity contribution is 7.99. The highest BCUT2D eigenvalue weighted by atomic mass is 32.2. The Morgan fingerprint density at radius 2 is 2.11 bits per heavy atom. The van der Waals surface area contributed by atoms with E-state index in [1.54, 1.807) is 11.3 Å². The Morgan fingerprint density at radius 3 is 2.85 bits per heavy atom. The van der Waals surface area contributed by atoms with E-state index in [1.165, 1.54) is 22.2 Å². The number of aromatic nitrogens is 2. The van der Waals surface area contributed by atoms with Crippen LogP contribution in [0.25, 0.3) is 10.2 Å². The molecule has 0 spiro atoms. The number of rotatable bonds is 5. The number of thiophene rings is 1. The molecule has 5 nitrogen and oxygen atoms in total. The van der Waals surface area contributed by atoms with E-state index < -0.39 is 0 Å². The zero-order valence-corrected chi connectivity index (χ0v) is 17.0. The third-order valence-corrected chi connectivity index (χ3v) is 6.97. The molecule has 3 heterocycles. The molecular formula is C20H21N3O2S2. The summed E-state index contributed by atoms with van der Waals surface area (Å²) in [4.78, 5) is 23.5. The summed E-state index contributed by atoms with van der Waals surface area (Å²) in [5, 5.41) is 1.50. The van der Waals surface area contributed by atoms with Gasteiger partial charge in [0.25, 0.3) is 0 Å². The molecule has 0 radical (unpaired) electrons. The first-order valence-electron chi connectivity index (χ1n) is 8.92. The Bertz CT molecular complexity index is 1000. The second-order valence-corrected chi connectivity index (χ2v) is 8.95. The first kappa shape index (κ1) is 18.4. The number of carbonyl (C=O) groups excluding carboxylic acids is 1. The number of anilines is 1. The van der Waals surface area contributed by atoms with Crippen molar-refractivity contribution in [2.75, 3.05) is 11.5 Å². The number of nitrogens with zero attached hydrogens (tertiary/aromatic N) is 2. The third kappa shape index (κ3) is 3.59. The van der Waals surface area contributed by atoms with E-state index in [0.29, 0.717) is 23.1 Å². The molecule has 2 N–H and O–H groups in total. The Hall–Kier alpha value is -1.96. The summed E-state index contributed by atoms with van der Waals surface area (Å²) in [5.41, 5.74) is 8.04. The van der Waals surface area contributed by atoms with Crippen molar-refractivity contribution in [3.05, 3.63) is 46.3 Å². The number of nitrogens with two attached hydrogens (primary N) is 1. The Morgan fingerprint density at radius 1 is 1.33 bits per heavy atom. The van der Waals surface area contributed by atoms with Gasteiger partial charge >= 0.3 is 0 Å². The molecule has 0 amide bonds. The first-order valence-corrected chi connectivity index (χ1v) is 10.7. The summed E-state index contributed by atoms with van der Waals surface area (Å²) < 4.78 is 6.04. The van der Waals surface area contributed by atoms with Gasteiger partial charge in [0.1, 0.15) is 10.6 Å². The van der Waals surface area contributed by atoms with Gasteiger partial charge in [0, 0.05) is 16.9 Å². The van der Waals surface area contributed by atoms with Crippen LogP contribution in [0.2, 0.25) is 0 Å². The van der Waals surface area contributed by atoms with E-state index in [9.17, 15) is 4.79 Å². The second-order valence-electron chi connectivity index (χ2n) is 6.92. The van der Waals surface area contributed by atoms with E-state index in [2.05, 4.69) is 23.8 Å². The lowest BCUT2D eigenvalue weighted by atomic mass is 9.90. The quantitative estimate of drug-likeness (QED) is 0.387. The fourth-order valence-electron chi connectivity index (χ4n) is 3.21. The fraction of sp³-hybridized carbons (Fsp3) is 0.350. The van der Waals surface area contributed by atoms with Gasteiger partial charge in [-0.1, -0.05) is 49.0 Å². The van der Waals surface area contributed by atoms with Gasteiger partial charge in [-0.15, -0.1) is 11.3 Å². The molecule has 1 aliphatic heterocycles. The maximum Gasteiger partial charge on any atom is 0.191 e. The smallest absolute Gasteiger partial charge is 0.191 e. The van der Waals surface area contributed by atoms with E-state index in [0.717, 1.165) is 23.1 Å².